The molecule has 3 aromatic rings. The molecule has 0 amide bonds. The lowest BCUT2D eigenvalue weighted by molar-refractivity contribution is 0.101. The van der Waals surface area contributed by atoms with Crippen LogP contribution in [0.5, 0.6) is 0 Å². The van der Waals surface area contributed by atoms with Crippen LogP contribution in [0.3, 0.4) is 0 Å². The van der Waals surface area contributed by atoms with E-state index in [0.29, 0.717) is 21.4 Å². The predicted molar refractivity (Wildman–Crippen MR) is 83.9 cm³/mol. The van der Waals surface area contributed by atoms with Crippen LogP contribution < -0.4 is 4.72 Å². The molecule has 1 N–H and O–H groups in total. The zero-order valence-electron chi connectivity index (χ0n) is 12.3. The van der Waals surface area contributed by atoms with E-state index in [1.807, 2.05) is 0 Å². The summed E-state index contributed by atoms with van der Waals surface area (Å²) in [5.41, 5.74) is 0.349. The molecule has 0 unspecified atom stereocenters. The first kappa shape index (κ1) is 15.7. The molecule has 23 heavy (non-hydrogen) atoms. The van der Waals surface area contributed by atoms with Crippen molar-refractivity contribution in [3.63, 3.8) is 0 Å². The van der Waals surface area contributed by atoms with Crippen molar-refractivity contribution in [3.8, 4) is 0 Å². The fourth-order valence-corrected chi connectivity index (χ4v) is 3.89. The minimum Gasteiger partial charge on any atom is -0.295 e. The number of benzene rings is 1. The van der Waals surface area contributed by atoms with E-state index in [-0.39, 0.29) is 17.2 Å². The van der Waals surface area contributed by atoms with E-state index in [9.17, 15) is 13.2 Å². The number of ketones is 1. The predicted octanol–water partition coefficient (Wildman–Crippen LogP) is 1.18. The molecular formula is C13H13N5O3S2. The topological polar surface area (TPSA) is 106 Å². The third kappa shape index (κ3) is 3.14. The zero-order chi connectivity index (χ0) is 16.6. The number of hydrogen-bond acceptors (Lipinski definition) is 7. The van der Waals surface area contributed by atoms with Gasteiger partial charge in [0.05, 0.1) is 11.4 Å². The van der Waals surface area contributed by atoms with Crippen LogP contribution in [0, 0.1) is 6.92 Å². The van der Waals surface area contributed by atoms with Gasteiger partial charge in [0, 0.05) is 5.56 Å². The van der Waals surface area contributed by atoms with Crippen LogP contribution in [0.4, 0.5) is 0 Å². The van der Waals surface area contributed by atoms with Crippen molar-refractivity contribution < 1.29 is 13.2 Å². The Hall–Kier alpha value is -2.17. The van der Waals surface area contributed by atoms with Crippen LogP contribution in [0.2, 0.25) is 0 Å². The van der Waals surface area contributed by atoms with Crippen molar-refractivity contribution in [2.45, 2.75) is 25.3 Å². The summed E-state index contributed by atoms with van der Waals surface area (Å²) in [6, 6.07) is 5.91. The Balaban J connectivity index is 1.80. The Morgan fingerprint density at radius 2 is 2.13 bits per heavy atom. The second-order valence-electron chi connectivity index (χ2n) is 4.85. The van der Waals surface area contributed by atoms with E-state index in [2.05, 4.69) is 20.0 Å². The maximum absolute atomic E-state index is 12.3. The van der Waals surface area contributed by atoms with E-state index in [1.165, 1.54) is 36.5 Å². The molecule has 0 aliphatic rings. The van der Waals surface area contributed by atoms with Crippen molar-refractivity contribution in [1.29, 1.82) is 0 Å². The monoisotopic (exact) mass is 351 g/mol. The summed E-state index contributed by atoms with van der Waals surface area (Å²) in [5, 5.41) is 12.6. The standard InChI is InChI=1S/C13H13N5O3S2/c1-8(19)10-4-3-5-11(6-10)23(20,21)14-7-12-17-18-9(2)15-16-13(18)22-12/h3-6,14H,7H2,1-2H3. The zero-order valence-corrected chi connectivity index (χ0v) is 14.0. The van der Waals surface area contributed by atoms with Gasteiger partial charge in [0.15, 0.2) is 11.6 Å². The first-order valence-electron chi connectivity index (χ1n) is 6.65. The quantitative estimate of drug-likeness (QED) is 0.692. The van der Waals surface area contributed by atoms with Gasteiger partial charge < -0.3 is 0 Å². The molecule has 10 heteroatoms. The molecule has 3 rings (SSSR count). The highest BCUT2D eigenvalue weighted by molar-refractivity contribution is 7.89. The summed E-state index contributed by atoms with van der Waals surface area (Å²) in [6.07, 6.45) is 0. The molecule has 0 aliphatic carbocycles. The van der Waals surface area contributed by atoms with Crippen LogP contribution >= 0.6 is 11.3 Å². The highest BCUT2D eigenvalue weighted by Crippen LogP contribution is 2.16. The molecule has 0 spiro atoms. The lowest BCUT2D eigenvalue weighted by atomic mass is 10.2. The Morgan fingerprint density at radius 1 is 1.35 bits per heavy atom. The molecule has 0 atom stereocenters. The van der Waals surface area contributed by atoms with Crippen molar-refractivity contribution >= 4 is 32.1 Å². The summed E-state index contributed by atoms with van der Waals surface area (Å²) in [6.45, 7) is 3.20. The van der Waals surface area contributed by atoms with Crippen LogP contribution in [0.15, 0.2) is 29.2 Å². The minimum atomic E-state index is -3.73. The SMILES string of the molecule is CC(=O)c1cccc(S(=O)(=O)NCc2nn3c(C)nnc3s2)c1. The molecule has 0 saturated carbocycles. The van der Waals surface area contributed by atoms with Gasteiger partial charge in [0.2, 0.25) is 15.0 Å². The molecule has 0 aliphatic heterocycles. The number of Topliss-reactive ketones (excluding diaryl/α,β-unsaturated/α-hetero) is 1. The van der Waals surface area contributed by atoms with Crippen LogP contribution in [-0.4, -0.2) is 34.0 Å². The number of aryl methyl sites for hydroxylation is 1. The van der Waals surface area contributed by atoms with Gasteiger partial charge in [-0.15, -0.1) is 10.2 Å². The van der Waals surface area contributed by atoms with E-state index < -0.39 is 10.0 Å². The maximum Gasteiger partial charge on any atom is 0.240 e. The first-order valence-corrected chi connectivity index (χ1v) is 8.95. The van der Waals surface area contributed by atoms with Gasteiger partial charge in [-0.3, -0.25) is 4.79 Å². The molecule has 120 valence electrons. The van der Waals surface area contributed by atoms with Crippen LogP contribution in [-0.2, 0) is 16.6 Å². The number of nitrogens with zero attached hydrogens (tertiary/aromatic N) is 4. The van der Waals surface area contributed by atoms with E-state index in [4.69, 9.17) is 0 Å². The number of aromatic nitrogens is 4. The van der Waals surface area contributed by atoms with Gasteiger partial charge in [-0.05, 0) is 26.0 Å². The van der Waals surface area contributed by atoms with Crippen molar-refractivity contribution in [1.82, 2.24) is 24.5 Å². The number of rotatable bonds is 5. The number of carbonyl (C=O) groups is 1. The van der Waals surface area contributed by atoms with Crippen molar-refractivity contribution in [3.05, 3.63) is 40.7 Å². The summed E-state index contributed by atoms with van der Waals surface area (Å²) in [5.74, 6) is 0.450. The molecule has 0 bridgehead atoms. The van der Waals surface area contributed by atoms with Gasteiger partial charge in [-0.25, -0.2) is 13.1 Å². The second-order valence-corrected chi connectivity index (χ2v) is 7.65. The van der Waals surface area contributed by atoms with Gasteiger partial charge in [-0.1, -0.05) is 23.5 Å². The summed E-state index contributed by atoms with van der Waals surface area (Å²) in [4.78, 5) is 12.0. The lowest BCUT2D eigenvalue weighted by Gasteiger charge is -2.06. The van der Waals surface area contributed by atoms with Gasteiger partial charge in [0.1, 0.15) is 5.01 Å². The van der Waals surface area contributed by atoms with E-state index in [1.54, 1.807) is 17.5 Å². The number of carbonyl (C=O) groups excluding carboxylic acids is 1. The first-order chi connectivity index (χ1) is 10.9. The molecule has 0 radical (unpaired) electrons. The molecule has 2 heterocycles. The molecule has 0 saturated heterocycles. The fourth-order valence-electron chi connectivity index (χ4n) is 1.95. The third-order valence-electron chi connectivity index (χ3n) is 3.15. The molecule has 0 fully saturated rings. The Labute approximate surface area is 136 Å². The largest absolute Gasteiger partial charge is 0.295 e. The fraction of sp³-hybridized carbons (Fsp3) is 0.231. The highest BCUT2D eigenvalue weighted by atomic mass is 32.2. The second kappa shape index (κ2) is 5.80. The van der Waals surface area contributed by atoms with Gasteiger partial charge in [-0.2, -0.15) is 9.61 Å². The maximum atomic E-state index is 12.3. The average Bonchev–Trinajstić information content (AvgIpc) is 3.08. The molecule has 8 nitrogen and oxygen atoms in total. The smallest absolute Gasteiger partial charge is 0.240 e. The van der Waals surface area contributed by atoms with Crippen LogP contribution in [0.1, 0.15) is 28.1 Å². The average molecular weight is 351 g/mol. The lowest BCUT2D eigenvalue weighted by Crippen LogP contribution is -2.23. The van der Waals surface area contributed by atoms with E-state index >= 15 is 0 Å². The number of hydrogen-bond donors (Lipinski definition) is 1. The Morgan fingerprint density at radius 3 is 2.83 bits per heavy atom. The Kier molecular flexibility index (Phi) is 3.96. The van der Waals surface area contributed by atoms with E-state index in [0.717, 1.165) is 0 Å². The van der Waals surface area contributed by atoms with Gasteiger partial charge in [0.25, 0.3) is 0 Å². The minimum absolute atomic E-state index is 0.0418. The van der Waals surface area contributed by atoms with Gasteiger partial charge >= 0.3 is 0 Å². The Bertz CT molecular complexity index is 990. The summed E-state index contributed by atoms with van der Waals surface area (Å²) in [7, 11) is -3.73. The molecular weight excluding hydrogens is 338 g/mol. The summed E-state index contributed by atoms with van der Waals surface area (Å²) < 4.78 is 28.7. The normalized spacial score (nSPS) is 11.9. The highest BCUT2D eigenvalue weighted by Gasteiger charge is 2.17. The third-order valence-corrected chi connectivity index (χ3v) is 5.45. The number of nitrogens with one attached hydrogen (secondary N) is 1. The number of sulfonamides is 1. The van der Waals surface area contributed by atoms with Crippen molar-refractivity contribution in [2.24, 2.45) is 0 Å². The molecule has 2 aromatic heterocycles. The molecule has 1 aromatic carbocycles. The summed E-state index contributed by atoms with van der Waals surface area (Å²) >= 11 is 1.26. The number of fused-ring (bicyclic) bond motifs is 1. The van der Waals surface area contributed by atoms with Crippen molar-refractivity contribution in [2.75, 3.05) is 0 Å². The van der Waals surface area contributed by atoms with Crippen LogP contribution in [0.25, 0.3) is 4.96 Å².